The van der Waals surface area contributed by atoms with Gasteiger partial charge < -0.3 is 9.84 Å². The minimum absolute atomic E-state index is 0.116. The second-order valence-electron chi connectivity index (χ2n) is 8.56. The number of hydrogen-bond donors (Lipinski definition) is 1. The molecule has 0 aliphatic heterocycles. The summed E-state index contributed by atoms with van der Waals surface area (Å²) >= 11 is 0. The van der Waals surface area contributed by atoms with E-state index >= 15 is 0 Å². The topological polar surface area (TPSA) is 81.4 Å². The zero-order valence-electron chi connectivity index (χ0n) is 16.7. The highest BCUT2D eigenvalue weighted by molar-refractivity contribution is 5.71. The van der Waals surface area contributed by atoms with E-state index in [1.165, 1.54) is 12.3 Å². The van der Waals surface area contributed by atoms with E-state index in [2.05, 4.69) is 25.9 Å². The van der Waals surface area contributed by atoms with Crippen LogP contribution < -0.4 is 10.3 Å². The van der Waals surface area contributed by atoms with Gasteiger partial charge in [-0.2, -0.15) is 5.10 Å². The molecule has 1 saturated carbocycles. The van der Waals surface area contributed by atoms with Crippen molar-refractivity contribution in [3.8, 4) is 11.5 Å². The minimum Gasteiger partial charge on any atom is -0.480 e. The van der Waals surface area contributed by atoms with Crippen molar-refractivity contribution in [2.75, 3.05) is 0 Å². The standard InChI is InChI=1S/C22H28N2O4/c1-22(2,3)17-10-6-7-11-19(17)28-16-13-20(25)24(23-14-16)18(21(26)27)12-15-8-4-5-9-15/h6-7,10-11,13-15,18H,4-5,8-9,12H2,1-3H3,(H,26,27). The number of aromatic nitrogens is 2. The Hall–Kier alpha value is -2.63. The second-order valence-corrected chi connectivity index (χ2v) is 8.56. The van der Waals surface area contributed by atoms with Gasteiger partial charge in [0.25, 0.3) is 5.56 Å². The Labute approximate surface area is 165 Å². The lowest BCUT2D eigenvalue weighted by atomic mass is 9.86. The van der Waals surface area contributed by atoms with Crippen LogP contribution in [0.3, 0.4) is 0 Å². The smallest absolute Gasteiger partial charge is 0.328 e. The van der Waals surface area contributed by atoms with E-state index < -0.39 is 17.6 Å². The number of rotatable bonds is 6. The third-order valence-electron chi connectivity index (χ3n) is 5.34. The Morgan fingerprint density at radius 2 is 1.96 bits per heavy atom. The molecule has 1 fully saturated rings. The Kier molecular flexibility index (Phi) is 5.87. The van der Waals surface area contributed by atoms with Crippen molar-refractivity contribution < 1.29 is 14.6 Å². The quantitative estimate of drug-likeness (QED) is 0.791. The van der Waals surface area contributed by atoms with Gasteiger partial charge in [0.1, 0.15) is 5.75 Å². The molecule has 6 heteroatoms. The van der Waals surface area contributed by atoms with E-state index in [-0.39, 0.29) is 5.41 Å². The maximum atomic E-state index is 12.6. The maximum absolute atomic E-state index is 12.6. The normalized spacial score (nSPS) is 16.1. The number of hydrogen-bond acceptors (Lipinski definition) is 4. The monoisotopic (exact) mass is 384 g/mol. The molecule has 0 bridgehead atoms. The molecule has 1 N–H and O–H groups in total. The number of benzene rings is 1. The van der Waals surface area contributed by atoms with Gasteiger partial charge in [-0.25, -0.2) is 9.48 Å². The molecule has 1 unspecified atom stereocenters. The van der Waals surface area contributed by atoms with Gasteiger partial charge in [0.2, 0.25) is 0 Å². The zero-order valence-corrected chi connectivity index (χ0v) is 16.7. The third-order valence-corrected chi connectivity index (χ3v) is 5.34. The first kappa shape index (κ1) is 20.1. The summed E-state index contributed by atoms with van der Waals surface area (Å²) in [5, 5.41) is 13.7. The van der Waals surface area contributed by atoms with Gasteiger partial charge in [-0.3, -0.25) is 4.79 Å². The molecule has 2 aromatic rings. The number of carboxylic acid groups (broad SMARTS) is 1. The number of carboxylic acids is 1. The van der Waals surface area contributed by atoms with Gasteiger partial charge in [0, 0.05) is 11.6 Å². The van der Waals surface area contributed by atoms with Gasteiger partial charge in [0.15, 0.2) is 11.8 Å². The fourth-order valence-corrected chi connectivity index (χ4v) is 3.86. The van der Waals surface area contributed by atoms with Gasteiger partial charge in [0.05, 0.1) is 6.20 Å². The van der Waals surface area contributed by atoms with Crippen molar-refractivity contribution in [2.45, 2.75) is 64.3 Å². The molecule has 1 atom stereocenters. The molecule has 150 valence electrons. The van der Waals surface area contributed by atoms with E-state index in [1.54, 1.807) is 0 Å². The lowest BCUT2D eigenvalue weighted by Crippen LogP contribution is -2.32. The number of carbonyl (C=O) groups is 1. The van der Waals surface area contributed by atoms with Crippen molar-refractivity contribution in [1.29, 1.82) is 0 Å². The number of para-hydroxylation sites is 1. The Balaban J connectivity index is 1.84. The van der Waals surface area contributed by atoms with Gasteiger partial charge in [-0.1, -0.05) is 64.7 Å². The first-order valence-corrected chi connectivity index (χ1v) is 9.85. The van der Waals surface area contributed by atoms with Crippen molar-refractivity contribution in [1.82, 2.24) is 9.78 Å². The van der Waals surface area contributed by atoms with Gasteiger partial charge in [-0.05, 0) is 23.8 Å². The highest BCUT2D eigenvalue weighted by Gasteiger charge is 2.28. The second kappa shape index (κ2) is 8.17. The van der Waals surface area contributed by atoms with E-state index in [0.29, 0.717) is 23.8 Å². The summed E-state index contributed by atoms with van der Waals surface area (Å²) in [6.07, 6.45) is 6.14. The van der Waals surface area contributed by atoms with Crippen LogP contribution in [0.25, 0.3) is 0 Å². The molecule has 0 radical (unpaired) electrons. The average molecular weight is 384 g/mol. The summed E-state index contributed by atoms with van der Waals surface area (Å²) in [7, 11) is 0. The zero-order chi connectivity index (χ0) is 20.3. The molecule has 28 heavy (non-hydrogen) atoms. The molecule has 6 nitrogen and oxygen atoms in total. The molecule has 1 aromatic carbocycles. The molecular weight excluding hydrogens is 356 g/mol. The first-order valence-electron chi connectivity index (χ1n) is 9.85. The Bertz CT molecular complexity index is 892. The van der Waals surface area contributed by atoms with Crippen LogP contribution in [0, 0.1) is 5.92 Å². The van der Waals surface area contributed by atoms with Crippen LogP contribution in [0.4, 0.5) is 0 Å². The lowest BCUT2D eigenvalue weighted by Gasteiger charge is -2.22. The van der Waals surface area contributed by atoms with Crippen molar-refractivity contribution in [2.24, 2.45) is 5.92 Å². The largest absolute Gasteiger partial charge is 0.480 e. The maximum Gasteiger partial charge on any atom is 0.328 e. The van der Waals surface area contributed by atoms with Crippen LogP contribution in [-0.4, -0.2) is 20.9 Å². The first-order chi connectivity index (χ1) is 13.3. The van der Waals surface area contributed by atoms with Crippen LogP contribution in [0.15, 0.2) is 41.3 Å². The SMILES string of the molecule is CC(C)(C)c1ccccc1Oc1cnn(C(CC2CCCC2)C(=O)O)c(=O)c1. The Morgan fingerprint density at radius 3 is 2.57 bits per heavy atom. The minimum atomic E-state index is -1.02. The number of ether oxygens (including phenoxy) is 1. The molecule has 1 aliphatic carbocycles. The summed E-state index contributed by atoms with van der Waals surface area (Å²) in [5.41, 5.74) is 0.439. The molecule has 1 aliphatic rings. The van der Waals surface area contributed by atoms with E-state index in [4.69, 9.17) is 4.74 Å². The van der Waals surface area contributed by atoms with Crippen LogP contribution >= 0.6 is 0 Å². The molecule has 0 amide bonds. The highest BCUT2D eigenvalue weighted by Crippen LogP contribution is 2.34. The molecule has 0 saturated heterocycles. The van der Waals surface area contributed by atoms with Gasteiger partial charge >= 0.3 is 5.97 Å². The van der Waals surface area contributed by atoms with Crippen LogP contribution in [0.5, 0.6) is 11.5 Å². The van der Waals surface area contributed by atoms with Crippen molar-refractivity contribution in [3.63, 3.8) is 0 Å². The fourth-order valence-electron chi connectivity index (χ4n) is 3.86. The molecule has 1 aromatic heterocycles. The predicted molar refractivity (Wildman–Crippen MR) is 107 cm³/mol. The summed E-state index contributed by atoms with van der Waals surface area (Å²) in [4.78, 5) is 24.3. The van der Waals surface area contributed by atoms with Crippen LogP contribution in [-0.2, 0) is 10.2 Å². The van der Waals surface area contributed by atoms with E-state index in [1.807, 2.05) is 24.3 Å². The third kappa shape index (κ3) is 4.61. The summed E-state index contributed by atoms with van der Waals surface area (Å²) < 4.78 is 6.99. The molecule has 0 spiro atoms. The van der Waals surface area contributed by atoms with E-state index in [9.17, 15) is 14.7 Å². The average Bonchev–Trinajstić information content (AvgIpc) is 3.13. The van der Waals surface area contributed by atoms with E-state index in [0.717, 1.165) is 35.9 Å². The highest BCUT2D eigenvalue weighted by atomic mass is 16.5. The summed E-state index contributed by atoms with van der Waals surface area (Å²) in [5.74, 6) is 0.287. The van der Waals surface area contributed by atoms with Crippen LogP contribution in [0.2, 0.25) is 0 Å². The van der Waals surface area contributed by atoms with Crippen LogP contribution in [0.1, 0.15) is 64.5 Å². The predicted octanol–water partition coefficient (Wildman–Crippen LogP) is 4.54. The Morgan fingerprint density at radius 1 is 1.29 bits per heavy atom. The lowest BCUT2D eigenvalue weighted by molar-refractivity contribution is -0.142. The summed E-state index contributed by atoms with van der Waals surface area (Å²) in [6, 6.07) is 8.05. The van der Waals surface area contributed by atoms with Crippen molar-refractivity contribution >= 4 is 5.97 Å². The van der Waals surface area contributed by atoms with Crippen molar-refractivity contribution in [3.05, 3.63) is 52.4 Å². The fraction of sp³-hybridized carbons (Fsp3) is 0.500. The summed E-state index contributed by atoms with van der Waals surface area (Å²) in [6.45, 7) is 6.27. The molecule has 1 heterocycles. The molecule has 3 rings (SSSR count). The number of nitrogens with zero attached hydrogens (tertiary/aromatic N) is 2. The molecular formula is C22H28N2O4. The van der Waals surface area contributed by atoms with Gasteiger partial charge in [-0.15, -0.1) is 0 Å². The number of aliphatic carboxylic acids is 1.